The highest BCUT2D eigenvalue weighted by Gasteiger charge is 2.39. The van der Waals surface area contributed by atoms with Gasteiger partial charge in [-0.2, -0.15) is 0 Å². The summed E-state index contributed by atoms with van der Waals surface area (Å²) in [4.78, 5) is 11.0. The highest BCUT2D eigenvalue weighted by Crippen LogP contribution is 2.26. The van der Waals surface area contributed by atoms with Crippen molar-refractivity contribution >= 4 is 5.91 Å². The Balaban J connectivity index is 2.41. The first-order chi connectivity index (χ1) is 5.16. The van der Waals surface area contributed by atoms with Crippen LogP contribution >= 0.6 is 0 Å². The summed E-state index contributed by atoms with van der Waals surface area (Å²) >= 11 is 0. The number of hydrogen-bond donors (Lipinski definition) is 1. The zero-order chi connectivity index (χ0) is 8.43. The SMILES string of the molecule is CCCC1NC(=O)C1C(C)C. The van der Waals surface area contributed by atoms with Crippen LogP contribution in [0.4, 0.5) is 0 Å². The second kappa shape index (κ2) is 3.24. The third-order valence-corrected chi connectivity index (χ3v) is 2.38. The quantitative estimate of drug-likeness (QED) is 0.616. The molecule has 11 heavy (non-hydrogen) atoms. The van der Waals surface area contributed by atoms with Crippen LogP contribution < -0.4 is 5.32 Å². The molecule has 1 aliphatic rings. The van der Waals surface area contributed by atoms with Gasteiger partial charge >= 0.3 is 0 Å². The lowest BCUT2D eigenvalue weighted by atomic mass is 9.79. The standard InChI is InChI=1S/C9H17NO/c1-4-5-7-8(6(2)3)9(11)10-7/h6-8H,4-5H2,1-3H3,(H,10,11). The van der Waals surface area contributed by atoms with Gasteiger partial charge in [-0.3, -0.25) is 4.79 Å². The van der Waals surface area contributed by atoms with E-state index in [0.29, 0.717) is 12.0 Å². The van der Waals surface area contributed by atoms with E-state index in [1.54, 1.807) is 0 Å². The van der Waals surface area contributed by atoms with Crippen molar-refractivity contribution in [2.75, 3.05) is 0 Å². The molecule has 0 aromatic heterocycles. The fourth-order valence-electron chi connectivity index (χ4n) is 1.79. The van der Waals surface area contributed by atoms with Crippen molar-refractivity contribution in [3.8, 4) is 0 Å². The Bertz CT molecular complexity index is 154. The van der Waals surface area contributed by atoms with Crippen molar-refractivity contribution in [2.45, 2.75) is 39.7 Å². The summed E-state index contributed by atoms with van der Waals surface area (Å²) in [6.45, 7) is 6.39. The van der Waals surface area contributed by atoms with Crippen LogP contribution in [0.5, 0.6) is 0 Å². The summed E-state index contributed by atoms with van der Waals surface area (Å²) in [5.74, 6) is 1.04. The lowest BCUT2D eigenvalue weighted by Crippen LogP contribution is -2.59. The van der Waals surface area contributed by atoms with Crippen LogP contribution in [-0.4, -0.2) is 11.9 Å². The molecule has 1 amide bonds. The minimum Gasteiger partial charge on any atom is -0.352 e. The van der Waals surface area contributed by atoms with E-state index in [1.165, 1.54) is 0 Å². The summed E-state index contributed by atoms with van der Waals surface area (Å²) in [7, 11) is 0. The topological polar surface area (TPSA) is 29.1 Å². The molecule has 0 aromatic rings. The van der Waals surface area contributed by atoms with E-state index in [2.05, 4.69) is 26.1 Å². The Hall–Kier alpha value is -0.530. The fourth-order valence-corrected chi connectivity index (χ4v) is 1.79. The molecule has 2 atom stereocenters. The van der Waals surface area contributed by atoms with Crippen LogP contribution in [0.2, 0.25) is 0 Å². The van der Waals surface area contributed by atoms with Crippen LogP contribution in [0.15, 0.2) is 0 Å². The molecule has 0 saturated carbocycles. The molecule has 2 unspecified atom stereocenters. The van der Waals surface area contributed by atoms with Crippen molar-refractivity contribution in [1.29, 1.82) is 0 Å². The van der Waals surface area contributed by atoms with Crippen molar-refractivity contribution in [2.24, 2.45) is 11.8 Å². The van der Waals surface area contributed by atoms with Crippen molar-refractivity contribution in [3.63, 3.8) is 0 Å². The molecule has 0 bridgehead atoms. The van der Waals surface area contributed by atoms with Gasteiger partial charge in [0.15, 0.2) is 0 Å². The number of carbonyl (C=O) groups is 1. The molecular formula is C9H17NO. The Morgan fingerprint density at radius 1 is 1.55 bits per heavy atom. The van der Waals surface area contributed by atoms with Crippen LogP contribution in [0, 0.1) is 11.8 Å². The molecule has 2 heteroatoms. The average molecular weight is 155 g/mol. The molecule has 1 fully saturated rings. The van der Waals surface area contributed by atoms with Crippen LogP contribution in [0.25, 0.3) is 0 Å². The van der Waals surface area contributed by atoms with E-state index in [4.69, 9.17) is 0 Å². The second-order valence-corrected chi connectivity index (χ2v) is 3.67. The number of hydrogen-bond acceptors (Lipinski definition) is 1. The number of rotatable bonds is 3. The van der Waals surface area contributed by atoms with Gasteiger partial charge in [0, 0.05) is 6.04 Å². The Labute approximate surface area is 68.4 Å². The third-order valence-electron chi connectivity index (χ3n) is 2.38. The first kappa shape index (κ1) is 8.57. The van der Waals surface area contributed by atoms with Crippen LogP contribution in [0.3, 0.4) is 0 Å². The Morgan fingerprint density at radius 2 is 2.18 bits per heavy atom. The van der Waals surface area contributed by atoms with Crippen LogP contribution in [-0.2, 0) is 4.79 Å². The van der Waals surface area contributed by atoms with Crippen LogP contribution in [0.1, 0.15) is 33.6 Å². The predicted octanol–water partition coefficient (Wildman–Crippen LogP) is 1.56. The Kier molecular flexibility index (Phi) is 2.53. The molecule has 1 aliphatic heterocycles. The van der Waals surface area contributed by atoms with Gasteiger partial charge in [0.2, 0.25) is 5.91 Å². The predicted molar refractivity (Wildman–Crippen MR) is 45.2 cm³/mol. The lowest BCUT2D eigenvalue weighted by Gasteiger charge is -2.39. The van der Waals surface area contributed by atoms with Gasteiger partial charge in [0.25, 0.3) is 0 Å². The van der Waals surface area contributed by atoms with Gasteiger partial charge in [-0.05, 0) is 12.3 Å². The number of amides is 1. The maximum atomic E-state index is 11.0. The zero-order valence-electron chi connectivity index (χ0n) is 7.55. The van der Waals surface area contributed by atoms with E-state index >= 15 is 0 Å². The normalized spacial score (nSPS) is 30.0. The molecule has 1 saturated heterocycles. The summed E-state index contributed by atoms with van der Waals surface area (Å²) < 4.78 is 0. The average Bonchev–Trinajstić information content (AvgIpc) is 1.85. The van der Waals surface area contributed by atoms with Gasteiger partial charge in [-0.15, -0.1) is 0 Å². The molecule has 64 valence electrons. The first-order valence-corrected chi connectivity index (χ1v) is 4.47. The van der Waals surface area contributed by atoms with Gasteiger partial charge in [0.05, 0.1) is 5.92 Å². The molecule has 2 nitrogen and oxygen atoms in total. The summed E-state index contributed by atoms with van der Waals surface area (Å²) in [6.07, 6.45) is 2.29. The summed E-state index contributed by atoms with van der Waals surface area (Å²) in [5.41, 5.74) is 0. The highest BCUT2D eigenvalue weighted by molar-refractivity contribution is 5.86. The number of carbonyl (C=O) groups excluding carboxylic acids is 1. The van der Waals surface area contributed by atoms with Crippen molar-refractivity contribution in [1.82, 2.24) is 5.32 Å². The van der Waals surface area contributed by atoms with Gasteiger partial charge in [0.1, 0.15) is 0 Å². The van der Waals surface area contributed by atoms with Crippen molar-refractivity contribution < 1.29 is 4.79 Å². The molecule has 0 spiro atoms. The minimum atomic E-state index is 0.249. The zero-order valence-corrected chi connectivity index (χ0v) is 7.55. The number of nitrogens with one attached hydrogen (secondary N) is 1. The number of β-lactam (4-membered cyclic amide) rings is 1. The monoisotopic (exact) mass is 155 g/mol. The minimum absolute atomic E-state index is 0.249. The van der Waals surface area contributed by atoms with Gasteiger partial charge < -0.3 is 5.32 Å². The first-order valence-electron chi connectivity index (χ1n) is 4.47. The lowest BCUT2D eigenvalue weighted by molar-refractivity contribution is -0.137. The second-order valence-electron chi connectivity index (χ2n) is 3.67. The highest BCUT2D eigenvalue weighted by atomic mass is 16.2. The van der Waals surface area contributed by atoms with E-state index in [1.807, 2.05) is 0 Å². The molecule has 0 aliphatic carbocycles. The van der Waals surface area contributed by atoms with E-state index in [-0.39, 0.29) is 11.8 Å². The van der Waals surface area contributed by atoms with Gasteiger partial charge in [-0.25, -0.2) is 0 Å². The Morgan fingerprint density at radius 3 is 2.55 bits per heavy atom. The molecule has 0 aromatic carbocycles. The summed E-state index contributed by atoms with van der Waals surface area (Å²) in [6, 6.07) is 0.465. The molecule has 1 N–H and O–H groups in total. The van der Waals surface area contributed by atoms with Gasteiger partial charge in [-0.1, -0.05) is 27.2 Å². The largest absolute Gasteiger partial charge is 0.352 e. The maximum Gasteiger partial charge on any atom is 0.225 e. The van der Waals surface area contributed by atoms with E-state index in [9.17, 15) is 4.79 Å². The third kappa shape index (κ3) is 1.55. The molecule has 0 radical (unpaired) electrons. The molecule has 1 rings (SSSR count). The molecular weight excluding hydrogens is 138 g/mol. The van der Waals surface area contributed by atoms with Crippen molar-refractivity contribution in [3.05, 3.63) is 0 Å². The van der Waals surface area contributed by atoms with E-state index in [0.717, 1.165) is 12.8 Å². The fraction of sp³-hybridized carbons (Fsp3) is 0.889. The summed E-state index contributed by atoms with van der Waals surface area (Å²) in [5, 5.41) is 2.94. The van der Waals surface area contributed by atoms with E-state index < -0.39 is 0 Å². The smallest absolute Gasteiger partial charge is 0.225 e. The molecule has 1 heterocycles. The maximum absolute atomic E-state index is 11.0.